The van der Waals surface area contributed by atoms with Gasteiger partial charge in [0.25, 0.3) is 5.91 Å². The summed E-state index contributed by atoms with van der Waals surface area (Å²) in [6.07, 6.45) is 1.29. The Kier molecular flexibility index (Phi) is 5.50. The highest BCUT2D eigenvalue weighted by Gasteiger charge is 2.22. The fourth-order valence-corrected chi connectivity index (χ4v) is 2.81. The molecule has 0 radical (unpaired) electrons. The molecule has 0 saturated carbocycles. The van der Waals surface area contributed by atoms with Gasteiger partial charge in [0.1, 0.15) is 0 Å². The number of methoxy groups -OCH3 is 1. The molecule has 5 nitrogen and oxygen atoms in total. The average Bonchev–Trinajstić information content (AvgIpc) is 3.11. The van der Waals surface area contributed by atoms with Crippen molar-refractivity contribution < 1.29 is 18.7 Å². The van der Waals surface area contributed by atoms with Gasteiger partial charge >= 0.3 is 0 Å². The van der Waals surface area contributed by atoms with Gasteiger partial charge in [-0.1, -0.05) is 12.1 Å². The number of halogens is 1. The molecular weight excluding hydrogens is 323 g/mol. The summed E-state index contributed by atoms with van der Waals surface area (Å²) in [4.78, 5) is 14.2. The van der Waals surface area contributed by atoms with E-state index in [1.807, 2.05) is 24.3 Å². The highest BCUT2D eigenvalue weighted by Crippen LogP contribution is 2.23. The maximum absolute atomic E-state index is 13.4. The van der Waals surface area contributed by atoms with Crippen LogP contribution < -0.4 is 15.0 Å². The SMILES string of the molecule is COC1CCN(c2ccc(NC(=O)COc3ccccc3F)cc2)C1. The molecule has 1 N–H and O–H groups in total. The molecule has 0 spiro atoms. The number of rotatable bonds is 6. The topological polar surface area (TPSA) is 50.8 Å². The average molecular weight is 344 g/mol. The summed E-state index contributed by atoms with van der Waals surface area (Å²) >= 11 is 0. The molecule has 25 heavy (non-hydrogen) atoms. The van der Waals surface area contributed by atoms with Gasteiger partial charge in [-0.2, -0.15) is 0 Å². The maximum atomic E-state index is 13.4. The van der Waals surface area contributed by atoms with Crippen molar-refractivity contribution in [3.05, 3.63) is 54.3 Å². The number of hydrogen-bond acceptors (Lipinski definition) is 4. The number of anilines is 2. The molecule has 1 fully saturated rings. The number of carbonyl (C=O) groups is 1. The molecule has 1 heterocycles. The summed E-state index contributed by atoms with van der Waals surface area (Å²) in [5.41, 5.74) is 1.77. The first-order chi connectivity index (χ1) is 12.2. The second-order valence-electron chi connectivity index (χ2n) is 5.91. The number of benzene rings is 2. The van der Waals surface area contributed by atoms with Crippen LogP contribution in [0.15, 0.2) is 48.5 Å². The smallest absolute Gasteiger partial charge is 0.262 e. The Bertz CT molecular complexity index is 721. The molecule has 1 amide bonds. The lowest BCUT2D eigenvalue weighted by molar-refractivity contribution is -0.118. The molecule has 1 aliphatic heterocycles. The zero-order valence-electron chi connectivity index (χ0n) is 14.1. The van der Waals surface area contributed by atoms with Gasteiger partial charge in [-0.15, -0.1) is 0 Å². The van der Waals surface area contributed by atoms with Crippen molar-refractivity contribution in [1.82, 2.24) is 0 Å². The van der Waals surface area contributed by atoms with Gasteiger partial charge in [-0.3, -0.25) is 4.79 Å². The standard InChI is InChI=1S/C19H21FN2O3/c1-24-16-10-11-22(12-16)15-8-6-14(7-9-15)21-19(23)13-25-18-5-3-2-4-17(18)20/h2-9,16H,10-13H2,1H3,(H,21,23). The van der Waals surface area contributed by atoms with E-state index in [4.69, 9.17) is 9.47 Å². The van der Waals surface area contributed by atoms with Crippen LogP contribution in [-0.4, -0.2) is 38.8 Å². The van der Waals surface area contributed by atoms with Crippen molar-refractivity contribution in [1.29, 1.82) is 0 Å². The molecular formula is C19H21FN2O3. The van der Waals surface area contributed by atoms with Crippen LogP contribution in [0.25, 0.3) is 0 Å². The monoisotopic (exact) mass is 344 g/mol. The van der Waals surface area contributed by atoms with Gasteiger partial charge in [0, 0.05) is 31.6 Å². The van der Waals surface area contributed by atoms with Crippen LogP contribution in [0.5, 0.6) is 5.75 Å². The Labute approximate surface area is 146 Å². The Morgan fingerprint density at radius 2 is 2.00 bits per heavy atom. The van der Waals surface area contributed by atoms with Gasteiger partial charge in [-0.25, -0.2) is 4.39 Å². The molecule has 1 atom stereocenters. The van der Waals surface area contributed by atoms with Gasteiger partial charge in [0.2, 0.25) is 0 Å². The third-order valence-corrected chi connectivity index (χ3v) is 4.19. The zero-order valence-corrected chi connectivity index (χ0v) is 14.1. The number of nitrogens with one attached hydrogen (secondary N) is 1. The van der Waals surface area contributed by atoms with Crippen molar-refractivity contribution in [2.45, 2.75) is 12.5 Å². The molecule has 0 bridgehead atoms. The minimum absolute atomic E-state index is 0.0646. The molecule has 1 saturated heterocycles. The van der Waals surface area contributed by atoms with E-state index in [9.17, 15) is 9.18 Å². The molecule has 6 heteroatoms. The summed E-state index contributed by atoms with van der Waals surface area (Å²) in [6.45, 7) is 1.59. The van der Waals surface area contributed by atoms with Crippen molar-refractivity contribution in [3.63, 3.8) is 0 Å². The maximum Gasteiger partial charge on any atom is 0.262 e. The fraction of sp³-hybridized carbons (Fsp3) is 0.316. The van der Waals surface area contributed by atoms with E-state index in [1.54, 1.807) is 19.2 Å². The Balaban J connectivity index is 1.51. The summed E-state index contributed by atoms with van der Waals surface area (Å²) in [5, 5.41) is 2.74. The van der Waals surface area contributed by atoms with E-state index in [0.717, 1.165) is 25.2 Å². The number of amides is 1. The van der Waals surface area contributed by atoms with Gasteiger partial charge in [0.05, 0.1) is 6.10 Å². The zero-order chi connectivity index (χ0) is 17.6. The predicted molar refractivity (Wildman–Crippen MR) is 94.6 cm³/mol. The first kappa shape index (κ1) is 17.2. The lowest BCUT2D eigenvalue weighted by Gasteiger charge is -2.18. The van der Waals surface area contributed by atoms with Crippen LogP contribution in [0.1, 0.15) is 6.42 Å². The summed E-state index contributed by atoms with van der Waals surface area (Å²) in [6, 6.07) is 13.6. The lowest BCUT2D eigenvalue weighted by atomic mass is 10.2. The van der Waals surface area contributed by atoms with E-state index >= 15 is 0 Å². The molecule has 132 valence electrons. The Morgan fingerprint density at radius 1 is 1.24 bits per heavy atom. The minimum Gasteiger partial charge on any atom is -0.481 e. The van der Waals surface area contributed by atoms with Crippen LogP contribution in [0.4, 0.5) is 15.8 Å². The molecule has 2 aromatic rings. The second kappa shape index (κ2) is 7.98. The third kappa shape index (κ3) is 4.48. The summed E-state index contributed by atoms with van der Waals surface area (Å²) in [7, 11) is 1.73. The fourth-order valence-electron chi connectivity index (χ4n) is 2.81. The second-order valence-corrected chi connectivity index (χ2v) is 5.91. The first-order valence-electron chi connectivity index (χ1n) is 8.20. The van der Waals surface area contributed by atoms with E-state index in [-0.39, 0.29) is 24.4 Å². The largest absolute Gasteiger partial charge is 0.481 e. The number of para-hydroxylation sites is 1. The summed E-state index contributed by atoms with van der Waals surface area (Å²) in [5.74, 6) is -0.758. The normalized spacial score (nSPS) is 16.7. The Hall–Kier alpha value is -2.60. The number of ether oxygens (including phenoxy) is 2. The van der Waals surface area contributed by atoms with Crippen molar-refractivity contribution in [2.24, 2.45) is 0 Å². The van der Waals surface area contributed by atoms with Crippen LogP contribution in [-0.2, 0) is 9.53 Å². The van der Waals surface area contributed by atoms with Crippen LogP contribution in [0.2, 0.25) is 0 Å². The molecule has 1 aliphatic rings. The van der Waals surface area contributed by atoms with E-state index < -0.39 is 5.82 Å². The number of hydrogen-bond donors (Lipinski definition) is 1. The quantitative estimate of drug-likeness (QED) is 0.875. The van der Waals surface area contributed by atoms with E-state index in [2.05, 4.69) is 10.2 Å². The van der Waals surface area contributed by atoms with Crippen LogP contribution >= 0.6 is 0 Å². The highest BCUT2D eigenvalue weighted by atomic mass is 19.1. The van der Waals surface area contributed by atoms with Crippen molar-refractivity contribution in [3.8, 4) is 5.75 Å². The minimum atomic E-state index is -0.486. The Morgan fingerprint density at radius 3 is 2.68 bits per heavy atom. The third-order valence-electron chi connectivity index (χ3n) is 4.19. The van der Waals surface area contributed by atoms with Crippen molar-refractivity contribution >= 4 is 17.3 Å². The molecule has 2 aromatic carbocycles. The summed E-state index contributed by atoms with van der Waals surface area (Å²) < 4.78 is 24.0. The molecule has 0 aromatic heterocycles. The van der Waals surface area contributed by atoms with Gasteiger partial charge in [0.15, 0.2) is 18.2 Å². The number of carbonyl (C=O) groups excluding carboxylic acids is 1. The van der Waals surface area contributed by atoms with Crippen molar-refractivity contribution in [2.75, 3.05) is 37.0 Å². The van der Waals surface area contributed by atoms with Gasteiger partial charge < -0.3 is 19.7 Å². The predicted octanol–water partition coefficient (Wildman–Crippen LogP) is 3.07. The lowest BCUT2D eigenvalue weighted by Crippen LogP contribution is -2.22. The highest BCUT2D eigenvalue weighted by molar-refractivity contribution is 5.92. The van der Waals surface area contributed by atoms with Crippen LogP contribution in [0, 0.1) is 5.82 Å². The molecule has 1 unspecified atom stereocenters. The van der Waals surface area contributed by atoms with E-state index in [1.165, 1.54) is 12.1 Å². The molecule has 0 aliphatic carbocycles. The van der Waals surface area contributed by atoms with E-state index in [0.29, 0.717) is 5.69 Å². The van der Waals surface area contributed by atoms with Gasteiger partial charge in [-0.05, 0) is 42.8 Å². The first-order valence-corrected chi connectivity index (χ1v) is 8.20. The molecule has 3 rings (SSSR count). The van der Waals surface area contributed by atoms with Crippen LogP contribution in [0.3, 0.4) is 0 Å². The number of nitrogens with zero attached hydrogens (tertiary/aromatic N) is 1.